The van der Waals surface area contributed by atoms with E-state index in [0.717, 1.165) is 50.1 Å². The molecule has 0 unspecified atom stereocenters. The van der Waals surface area contributed by atoms with Gasteiger partial charge in [0.15, 0.2) is 0 Å². The molecule has 9 aromatic rings. The smallest absolute Gasteiger partial charge is 0.143 e. The molecule has 258 valence electrons. The molecular weight excluding hydrogens is 655 g/mol. The van der Waals surface area contributed by atoms with Crippen LogP contribution in [0.5, 0.6) is 0 Å². The highest BCUT2D eigenvalue weighted by Gasteiger charge is 2.38. The monoisotopic (exact) mass is 693 g/mol. The van der Waals surface area contributed by atoms with Crippen molar-refractivity contribution < 1.29 is 4.42 Å². The molecule has 1 aromatic heterocycles. The van der Waals surface area contributed by atoms with Crippen molar-refractivity contribution in [3.8, 4) is 33.4 Å². The van der Waals surface area contributed by atoms with E-state index >= 15 is 0 Å². The molecule has 0 saturated carbocycles. The largest absolute Gasteiger partial charge is 0.455 e. The van der Waals surface area contributed by atoms with Crippen LogP contribution in [0.15, 0.2) is 168 Å². The maximum atomic E-state index is 6.98. The highest BCUT2D eigenvalue weighted by molar-refractivity contribution is 6.22. The average Bonchev–Trinajstić information content (AvgIpc) is 3.77. The van der Waals surface area contributed by atoms with Crippen LogP contribution in [0.1, 0.15) is 49.9 Å². The third kappa shape index (κ3) is 4.23. The summed E-state index contributed by atoms with van der Waals surface area (Å²) in [6.45, 7) is 9.45. The molecule has 2 heteroatoms. The maximum Gasteiger partial charge on any atom is 0.143 e. The summed E-state index contributed by atoms with van der Waals surface area (Å²) in [6, 6.07) is 60.2. The minimum atomic E-state index is -0.132. The molecule has 0 bridgehead atoms. The van der Waals surface area contributed by atoms with Crippen molar-refractivity contribution >= 4 is 49.8 Å². The Morgan fingerprint density at radius 3 is 1.65 bits per heavy atom. The predicted octanol–water partition coefficient (Wildman–Crippen LogP) is 14.5. The van der Waals surface area contributed by atoms with Crippen molar-refractivity contribution in [3.63, 3.8) is 0 Å². The third-order valence-corrected chi connectivity index (χ3v) is 12.4. The molecular formula is C52H39NO. The maximum absolute atomic E-state index is 6.98. The minimum absolute atomic E-state index is 0.132. The van der Waals surface area contributed by atoms with Crippen molar-refractivity contribution in [2.24, 2.45) is 0 Å². The predicted molar refractivity (Wildman–Crippen MR) is 226 cm³/mol. The van der Waals surface area contributed by atoms with Crippen LogP contribution in [0.3, 0.4) is 0 Å². The summed E-state index contributed by atoms with van der Waals surface area (Å²) in [7, 11) is 0. The molecule has 0 saturated heterocycles. The molecule has 54 heavy (non-hydrogen) atoms. The van der Waals surface area contributed by atoms with Gasteiger partial charge >= 0.3 is 0 Å². The van der Waals surface area contributed by atoms with Gasteiger partial charge in [-0.3, -0.25) is 0 Å². The molecule has 2 aliphatic rings. The first-order chi connectivity index (χ1) is 26.3. The first-order valence-electron chi connectivity index (χ1n) is 19.0. The van der Waals surface area contributed by atoms with Crippen LogP contribution in [0.4, 0.5) is 17.1 Å². The van der Waals surface area contributed by atoms with Gasteiger partial charge < -0.3 is 9.32 Å². The second-order valence-corrected chi connectivity index (χ2v) is 16.1. The summed E-state index contributed by atoms with van der Waals surface area (Å²) in [5, 5.41) is 4.61. The molecule has 0 aliphatic heterocycles. The zero-order valence-electron chi connectivity index (χ0n) is 30.9. The normalized spacial score (nSPS) is 14.6. The lowest BCUT2D eigenvalue weighted by Crippen LogP contribution is -2.18. The molecule has 2 nitrogen and oxygen atoms in total. The first kappa shape index (κ1) is 31.2. The molecule has 0 fully saturated rings. The fourth-order valence-electron chi connectivity index (χ4n) is 9.77. The fourth-order valence-corrected chi connectivity index (χ4v) is 9.77. The van der Waals surface area contributed by atoms with E-state index < -0.39 is 0 Å². The number of benzene rings is 8. The van der Waals surface area contributed by atoms with Gasteiger partial charge in [0.25, 0.3) is 0 Å². The Hall–Kier alpha value is -6.38. The number of rotatable bonds is 4. The van der Waals surface area contributed by atoms with Gasteiger partial charge in [-0.15, -0.1) is 0 Å². The van der Waals surface area contributed by atoms with Crippen LogP contribution in [0, 0.1) is 0 Å². The van der Waals surface area contributed by atoms with E-state index in [1.807, 2.05) is 0 Å². The van der Waals surface area contributed by atoms with Crippen molar-refractivity contribution in [1.29, 1.82) is 0 Å². The van der Waals surface area contributed by atoms with E-state index in [0.29, 0.717) is 0 Å². The molecule has 8 aromatic carbocycles. The second-order valence-electron chi connectivity index (χ2n) is 16.1. The lowest BCUT2D eigenvalue weighted by atomic mass is 9.82. The second kappa shape index (κ2) is 11.1. The average molecular weight is 694 g/mol. The molecule has 1 heterocycles. The highest BCUT2D eigenvalue weighted by Crippen LogP contribution is 2.54. The lowest BCUT2D eigenvalue weighted by molar-refractivity contribution is 0.660. The standard InChI is InChI=1S/C52H39NO/c1-51(2)42-21-12-10-19-37(42)39-27-25-34(30-44(39)51)53(35-26-28-40-38-20-11-13-22-43(38)52(3,4)45(40)31-35)46-23-14-24-47-49(46)41-29-33-17-8-9-18-36(33)48(50(41)54-47)32-15-6-5-7-16-32/h5-31H,1-4H3. The van der Waals surface area contributed by atoms with Gasteiger partial charge in [0.2, 0.25) is 0 Å². The van der Waals surface area contributed by atoms with Crippen LogP contribution in [-0.4, -0.2) is 0 Å². The molecule has 0 N–H and O–H groups in total. The third-order valence-electron chi connectivity index (χ3n) is 12.4. The zero-order chi connectivity index (χ0) is 36.3. The van der Waals surface area contributed by atoms with Crippen molar-refractivity contribution in [2.45, 2.75) is 38.5 Å². The molecule has 11 rings (SSSR count). The van der Waals surface area contributed by atoms with Gasteiger partial charge in [0.1, 0.15) is 11.2 Å². The summed E-state index contributed by atoms with van der Waals surface area (Å²) in [5.41, 5.74) is 17.9. The summed E-state index contributed by atoms with van der Waals surface area (Å²) in [6.07, 6.45) is 0. The number of nitrogens with zero attached hydrogens (tertiary/aromatic N) is 1. The Balaban J connectivity index is 1.21. The highest BCUT2D eigenvalue weighted by atomic mass is 16.3. The van der Waals surface area contributed by atoms with Crippen molar-refractivity contribution in [1.82, 2.24) is 0 Å². The Bertz CT molecular complexity index is 2890. The Kier molecular flexibility index (Phi) is 6.39. The number of furan rings is 1. The van der Waals surface area contributed by atoms with Crippen molar-refractivity contribution in [2.75, 3.05) is 4.90 Å². The number of fused-ring (bicyclic) bond motifs is 10. The van der Waals surface area contributed by atoms with E-state index in [2.05, 4.69) is 196 Å². The summed E-state index contributed by atoms with van der Waals surface area (Å²) in [4.78, 5) is 2.48. The van der Waals surface area contributed by atoms with Crippen LogP contribution in [0.2, 0.25) is 0 Å². The van der Waals surface area contributed by atoms with Crippen molar-refractivity contribution in [3.05, 3.63) is 186 Å². The molecule has 0 amide bonds. The zero-order valence-corrected chi connectivity index (χ0v) is 30.9. The SMILES string of the molecule is CC1(C)c2ccccc2-c2ccc(N(c3ccc4c(c3)C(C)(C)c3ccccc3-4)c3cccc4oc5c(-c6ccccc6)c6ccccc6cc5c34)cc21. The molecule has 2 aliphatic carbocycles. The van der Waals surface area contributed by atoms with Gasteiger partial charge in [-0.05, 0) is 103 Å². The van der Waals surface area contributed by atoms with E-state index in [9.17, 15) is 0 Å². The van der Waals surface area contributed by atoms with E-state index in [-0.39, 0.29) is 10.8 Å². The lowest BCUT2D eigenvalue weighted by Gasteiger charge is -2.30. The Labute approximate surface area is 315 Å². The quantitative estimate of drug-likeness (QED) is 0.182. The van der Waals surface area contributed by atoms with Gasteiger partial charge in [0, 0.05) is 33.2 Å². The number of hydrogen-bond donors (Lipinski definition) is 0. The van der Waals surface area contributed by atoms with E-state index in [4.69, 9.17) is 4.42 Å². The van der Waals surface area contributed by atoms with E-state index in [1.54, 1.807) is 0 Å². The molecule has 0 atom stereocenters. The van der Waals surface area contributed by atoms with E-state index in [1.165, 1.54) is 55.3 Å². The fraction of sp³-hybridized carbons (Fsp3) is 0.115. The molecule has 0 spiro atoms. The van der Waals surface area contributed by atoms with Gasteiger partial charge in [-0.25, -0.2) is 0 Å². The number of hydrogen-bond acceptors (Lipinski definition) is 2. The topological polar surface area (TPSA) is 16.4 Å². The van der Waals surface area contributed by atoms with Crippen LogP contribution in [0.25, 0.3) is 66.1 Å². The van der Waals surface area contributed by atoms with Crippen LogP contribution in [-0.2, 0) is 10.8 Å². The van der Waals surface area contributed by atoms with Crippen LogP contribution >= 0.6 is 0 Å². The van der Waals surface area contributed by atoms with Gasteiger partial charge in [-0.1, -0.05) is 149 Å². The summed E-state index contributed by atoms with van der Waals surface area (Å²) >= 11 is 0. The molecule has 0 radical (unpaired) electrons. The first-order valence-corrected chi connectivity index (χ1v) is 19.0. The Morgan fingerprint density at radius 1 is 0.444 bits per heavy atom. The van der Waals surface area contributed by atoms with Gasteiger partial charge in [0.05, 0.1) is 11.1 Å². The summed E-state index contributed by atoms with van der Waals surface area (Å²) < 4.78 is 6.98. The number of anilines is 3. The Morgan fingerprint density at radius 2 is 1.00 bits per heavy atom. The van der Waals surface area contributed by atoms with Crippen LogP contribution < -0.4 is 4.90 Å². The summed E-state index contributed by atoms with van der Waals surface area (Å²) in [5.74, 6) is 0. The van der Waals surface area contributed by atoms with Gasteiger partial charge in [-0.2, -0.15) is 0 Å². The minimum Gasteiger partial charge on any atom is -0.455 e.